The van der Waals surface area contributed by atoms with Crippen molar-refractivity contribution in [1.29, 1.82) is 0 Å². The molecule has 0 aliphatic heterocycles. The molecule has 0 amide bonds. The quantitative estimate of drug-likeness (QED) is 0.443. The second kappa shape index (κ2) is 12.5. The fourth-order valence-corrected chi connectivity index (χ4v) is 3.77. The van der Waals surface area contributed by atoms with Gasteiger partial charge in [0.15, 0.2) is 9.84 Å². The molecule has 1 atom stereocenters. The topological polar surface area (TPSA) is 37.4 Å². The zero-order valence-corrected chi connectivity index (χ0v) is 15.6. The molecule has 0 saturated carbocycles. The van der Waals surface area contributed by atoms with E-state index in [2.05, 4.69) is 13.8 Å². The maximum atomic E-state index is 11.3. The molecule has 0 aromatic rings. The van der Waals surface area contributed by atoms with Crippen molar-refractivity contribution in [3.8, 4) is 0 Å². The Labute approximate surface area is 133 Å². The van der Waals surface area contributed by atoms with Crippen LogP contribution in [0.25, 0.3) is 0 Å². The minimum absolute atomic E-state index is 0.185. The molecule has 0 heterocycles. The molecule has 0 rings (SSSR count). The zero-order valence-electron chi connectivity index (χ0n) is 14.7. The molecule has 3 nitrogen and oxygen atoms in total. The first-order valence-corrected chi connectivity index (χ1v) is 10.8. The van der Waals surface area contributed by atoms with Crippen LogP contribution in [0.5, 0.6) is 0 Å². The van der Waals surface area contributed by atoms with Crippen molar-refractivity contribution in [3.05, 3.63) is 0 Å². The molecule has 128 valence electrons. The number of rotatable bonds is 14. The Morgan fingerprint density at radius 1 is 0.857 bits per heavy atom. The highest BCUT2D eigenvalue weighted by Gasteiger charge is 2.12. The van der Waals surface area contributed by atoms with Crippen LogP contribution in [0.3, 0.4) is 0 Å². The van der Waals surface area contributed by atoms with E-state index in [1.165, 1.54) is 64.0 Å². The number of nitrogens with zero attached hydrogens (tertiary/aromatic N) is 1. The van der Waals surface area contributed by atoms with Crippen LogP contribution < -0.4 is 0 Å². The van der Waals surface area contributed by atoms with Gasteiger partial charge in [-0.3, -0.25) is 4.90 Å². The third kappa shape index (κ3) is 14.6. The van der Waals surface area contributed by atoms with Gasteiger partial charge >= 0.3 is 0 Å². The van der Waals surface area contributed by atoms with E-state index < -0.39 is 9.84 Å². The van der Waals surface area contributed by atoms with Gasteiger partial charge in [-0.1, -0.05) is 71.6 Å². The van der Waals surface area contributed by atoms with E-state index >= 15 is 0 Å². The van der Waals surface area contributed by atoms with Gasteiger partial charge < -0.3 is 0 Å². The summed E-state index contributed by atoms with van der Waals surface area (Å²) in [5, 5.41) is 0. The number of hydrogen-bond donors (Lipinski definition) is 0. The van der Waals surface area contributed by atoms with E-state index in [1.54, 1.807) is 0 Å². The largest absolute Gasteiger partial charge is 0.293 e. The van der Waals surface area contributed by atoms with Crippen molar-refractivity contribution in [2.45, 2.75) is 78.1 Å². The Bertz CT molecular complexity index is 328. The molecule has 0 aromatic heterocycles. The summed E-state index contributed by atoms with van der Waals surface area (Å²) >= 11 is 0. The Morgan fingerprint density at radius 3 is 1.90 bits per heavy atom. The maximum absolute atomic E-state index is 11.3. The standard InChI is InChI=1S/C17H37NO2S/c1-5-7-9-11-13-17(12-10-8-6-2)14-15-18(3)16-21(4,19)20/h17H,5-16H2,1-4H3. The van der Waals surface area contributed by atoms with Crippen LogP contribution in [-0.2, 0) is 9.84 Å². The van der Waals surface area contributed by atoms with Crippen LogP contribution in [0.1, 0.15) is 78.1 Å². The van der Waals surface area contributed by atoms with Crippen molar-refractivity contribution >= 4 is 9.84 Å². The fourth-order valence-electron chi connectivity index (χ4n) is 2.84. The normalized spacial score (nSPS) is 13.8. The molecule has 0 aromatic carbocycles. The van der Waals surface area contributed by atoms with Crippen LogP contribution in [0.2, 0.25) is 0 Å². The summed E-state index contributed by atoms with van der Waals surface area (Å²) < 4.78 is 22.6. The van der Waals surface area contributed by atoms with Crippen molar-refractivity contribution in [1.82, 2.24) is 4.90 Å². The van der Waals surface area contributed by atoms with Crippen molar-refractivity contribution < 1.29 is 8.42 Å². The summed E-state index contributed by atoms with van der Waals surface area (Å²) in [5.41, 5.74) is 0. The molecule has 0 fully saturated rings. The first kappa shape index (κ1) is 20.9. The molecule has 4 heteroatoms. The molecule has 0 radical (unpaired) electrons. The highest BCUT2D eigenvalue weighted by atomic mass is 32.2. The zero-order chi connectivity index (χ0) is 16.1. The Kier molecular flexibility index (Phi) is 12.4. The number of sulfone groups is 1. The van der Waals surface area contributed by atoms with Gasteiger partial charge in [0.2, 0.25) is 0 Å². The lowest BCUT2D eigenvalue weighted by atomic mass is 9.92. The predicted molar refractivity (Wildman–Crippen MR) is 93.3 cm³/mol. The minimum atomic E-state index is -2.89. The van der Waals surface area contributed by atoms with E-state index in [0.29, 0.717) is 0 Å². The van der Waals surface area contributed by atoms with Gasteiger partial charge in [0.1, 0.15) is 5.88 Å². The summed E-state index contributed by atoms with van der Waals surface area (Å²) in [6.07, 6.45) is 14.3. The average Bonchev–Trinajstić information content (AvgIpc) is 2.38. The first-order chi connectivity index (χ1) is 9.89. The predicted octanol–water partition coefficient (Wildman–Crippen LogP) is 4.48. The van der Waals surface area contributed by atoms with Gasteiger partial charge in [-0.05, 0) is 25.9 Å². The third-order valence-electron chi connectivity index (χ3n) is 4.06. The van der Waals surface area contributed by atoms with E-state index in [-0.39, 0.29) is 5.88 Å². The van der Waals surface area contributed by atoms with Crippen LogP contribution in [0.4, 0.5) is 0 Å². The van der Waals surface area contributed by atoms with Gasteiger partial charge in [-0.2, -0.15) is 0 Å². The molecule has 1 unspecified atom stereocenters. The van der Waals surface area contributed by atoms with Crippen LogP contribution in [-0.4, -0.2) is 39.0 Å². The van der Waals surface area contributed by atoms with E-state index in [1.807, 2.05) is 11.9 Å². The third-order valence-corrected chi connectivity index (χ3v) is 4.97. The summed E-state index contributed by atoms with van der Waals surface area (Å²) in [5.74, 6) is 0.959. The minimum Gasteiger partial charge on any atom is -0.293 e. The molecule has 0 bridgehead atoms. The van der Waals surface area contributed by atoms with Crippen LogP contribution in [0.15, 0.2) is 0 Å². The summed E-state index contributed by atoms with van der Waals surface area (Å²) in [6.45, 7) is 5.40. The maximum Gasteiger partial charge on any atom is 0.160 e. The van der Waals surface area contributed by atoms with Crippen molar-refractivity contribution in [2.24, 2.45) is 5.92 Å². The van der Waals surface area contributed by atoms with Crippen molar-refractivity contribution in [3.63, 3.8) is 0 Å². The molecular formula is C17H37NO2S. The molecule has 0 spiro atoms. The summed E-state index contributed by atoms with van der Waals surface area (Å²) in [7, 11) is -0.973. The molecule has 21 heavy (non-hydrogen) atoms. The van der Waals surface area contributed by atoms with Gasteiger partial charge in [0.25, 0.3) is 0 Å². The number of unbranched alkanes of at least 4 members (excludes halogenated alkanes) is 5. The molecule has 0 aliphatic carbocycles. The summed E-state index contributed by atoms with van der Waals surface area (Å²) in [4.78, 5) is 1.95. The SMILES string of the molecule is CCCCCCC(CCCCC)CCN(C)CS(C)(=O)=O. The average molecular weight is 320 g/mol. The molecule has 0 aliphatic rings. The lowest BCUT2D eigenvalue weighted by Crippen LogP contribution is -2.27. The highest BCUT2D eigenvalue weighted by Crippen LogP contribution is 2.21. The van der Waals surface area contributed by atoms with Gasteiger partial charge in [0, 0.05) is 6.26 Å². The molecule has 0 N–H and O–H groups in total. The van der Waals surface area contributed by atoms with Crippen LogP contribution >= 0.6 is 0 Å². The van der Waals surface area contributed by atoms with Crippen molar-refractivity contribution in [2.75, 3.05) is 25.7 Å². The van der Waals surface area contributed by atoms with E-state index in [0.717, 1.165) is 18.9 Å². The van der Waals surface area contributed by atoms with Gasteiger partial charge in [0.05, 0.1) is 0 Å². The Hall–Kier alpha value is -0.0900. The lowest BCUT2D eigenvalue weighted by molar-refractivity contribution is 0.305. The summed E-state index contributed by atoms with van der Waals surface area (Å²) in [6, 6.07) is 0. The monoisotopic (exact) mass is 319 g/mol. The number of hydrogen-bond acceptors (Lipinski definition) is 3. The van der Waals surface area contributed by atoms with Gasteiger partial charge in [-0.25, -0.2) is 8.42 Å². The highest BCUT2D eigenvalue weighted by molar-refractivity contribution is 7.90. The smallest absolute Gasteiger partial charge is 0.160 e. The Balaban J connectivity index is 4.06. The fraction of sp³-hybridized carbons (Fsp3) is 1.00. The first-order valence-electron chi connectivity index (χ1n) is 8.75. The molecule has 0 saturated heterocycles. The second-order valence-corrected chi connectivity index (χ2v) is 8.74. The Morgan fingerprint density at radius 2 is 1.38 bits per heavy atom. The lowest BCUT2D eigenvalue weighted by Gasteiger charge is -2.21. The van der Waals surface area contributed by atoms with E-state index in [9.17, 15) is 8.42 Å². The van der Waals surface area contributed by atoms with Gasteiger partial charge in [-0.15, -0.1) is 0 Å². The molecular weight excluding hydrogens is 282 g/mol. The van der Waals surface area contributed by atoms with E-state index in [4.69, 9.17) is 0 Å². The van der Waals surface area contributed by atoms with Crippen LogP contribution in [0, 0.1) is 5.92 Å². The second-order valence-electron chi connectivity index (χ2n) is 6.63.